The molecule has 1 aromatic heterocycles. The third kappa shape index (κ3) is 5.23. The minimum absolute atomic E-state index is 0.222. The van der Waals surface area contributed by atoms with Crippen LogP contribution in [0.25, 0.3) is 11.0 Å². The second-order valence-corrected chi connectivity index (χ2v) is 12.0. The van der Waals surface area contributed by atoms with E-state index < -0.39 is 17.6 Å². The molecule has 38 heavy (non-hydrogen) atoms. The molecule has 2 aromatic rings. The van der Waals surface area contributed by atoms with Gasteiger partial charge in [-0.1, -0.05) is 6.07 Å². The van der Waals surface area contributed by atoms with Crippen LogP contribution >= 0.6 is 0 Å². The number of piperidine rings is 3. The monoisotopic (exact) mass is 525 g/mol. The highest BCUT2D eigenvalue weighted by atomic mass is 16.6. The van der Waals surface area contributed by atoms with E-state index in [1.165, 1.54) is 10.1 Å². The Labute approximate surface area is 222 Å². The summed E-state index contributed by atoms with van der Waals surface area (Å²) in [6, 6.07) is 5.79. The van der Waals surface area contributed by atoms with Gasteiger partial charge in [-0.25, -0.2) is 9.59 Å². The molecule has 3 aliphatic heterocycles. The number of aromatic nitrogens is 2. The van der Waals surface area contributed by atoms with Crippen LogP contribution < -0.4 is 11.0 Å². The number of likely N-dealkylation sites (tertiary alicyclic amines) is 2. The molecule has 4 heterocycles. The van der Waals surface area contributed by atoms with E-state index in [0.717, 1.165) is 56.4 Å². The van der Waals surface area contributed by atoms with Crippen molar-refractivity contribution in [1.29, 1.82) is 0 Å². The van der Waals surface area contributed by atoms with Crippen LogP contribution in [-0.4, -0.2) is 74.7 Å². The normalized spacial score (nSPS) is 24.1. The number of carbonyl (C=O) groups excluding carboxylic acids is 3. The first-order valence-corrected chi connectivity index (χ1v) is 13.8. The van der Waals surface area contributed by atoms with E-state index in [1.807, 2.05) is 31.7 Å². The summed E-state index contributed by atoms with van der Waals surface area (Å²) < 4.78 is 8.73. The molecular weight excluding hydrogens is 486 g/mol. The Hall–Kier alpha value is -3.14. The molecule has 10 nitrogen and oxygen atoms in total. The molecule has 1 N–H and O–H groups in total. The average Bonchev–Trinajstić information content (AvgIpc) is 3.12. The summed E-state index contributed by atoms with van der Waals surface area (Å²) in [5.41, 5.74) is 1.99. The fourth-order valence-corrected chi connectivity index (χ4v) is 6.21. The minimum Gasteiger partial charge on any atom is -0.444 e. The van der Waals surface area contributed by atoms with E-state index >= 15 is 0 Å². The SMILES string of the molecule is Cn1c(=O)n(C2CCC(=O)NC2=O)c2ccc(C3CCN(C4CCCN(C(=O)OC(C)(C)C)C4)CC3)cc21. The van der Waals surface area contributed by atoms with E-state index in [0.29, 0.717) is 24.9 Å². The standard InChI is InChI=1S/C28H39N5O5/c1-28(2,3)38-27(37)32-13-5-6-20(17-32)31-14-11-18(12-15-31)19-7-8-21-23(16-19)30(4)26(36)33(21)22-9-10-24(34)29-25(22)35/h7-8,16,18,20,22H,5-6,9-15,17H2,1-4H3,(H,29,34,35). The van der Waals surface area contributed by atoms with Crippen molar-refractivity contribution in [2.24, 2.45) is 7.05 Å². The van der Waals surface area contributed by atoms with Crippen molar-refractivity contribution < 1.29 is 19.1 Å². The molecule has 2 unspecified atom stereocenters. The number of hydrogen-bond acceptors (Lipinski definition) is 6. The van der Waals surface area contributed by atoms with Crippen LogP contribution in [0.4, 0.5) is 4.79 Å². The van der Waals surface area contributed by atoms with Gasteiger partial charge in [-0.2, -0.15) is 0 Å². The fourth-order valence-electron chi connectivity index (χ4n) is 6.21. The number of carbonyl (C=O) groups is 3. The van der Waals surface area contributed by atoms with E-state index in [9.17, 15) is 19.2 Å². The highest BCUT2D eigenvalue weighted by Crippen LogP contribution is 2.33. The van der Waals surface area contributed by atoms with Crippen molar-refractivity contribution in [2.45, 2.75) is 82.9 Å². The number of rotatable bonds is 3. The van der Waals surface area contributed by atoms with Crippen molar-refractivity contribution in [3.63, 3.8) is 0 Å². The first kappa shape index (κ1) is 26.5. The van der Waals surface area contributed by atoms with Gasteiger partial charge in [0.2, 0.25) is 11.8 Å². The molecule has 0 saturated carbocycles. The van der Waals surface area contributed by atoms with Crippen LogP contribution in [0, 0.1) is 0 Å². The Balaban J connectivity index is 1.26. The van der Waals surface area contributed by atoms with Crippen molar-refractivity contribution >= 4 is 28.9 Å². The molecule has 3 fully saturated rings. The number of imide groups is 1. The molecule has 0 spiro atoms. The van der Waals surface area contributed by atoms with E-state index in [4.69, 9.17) is 4.74 Å². The van der Waals surface area contributed by atoms with Crippen molar-refractivity contribution in [2.75, 3.05) is 26.2 Å². The Morgan fingerprint density at radius 3 is 2.42 bits per heavy atom. The molecule has 3 amide bonds. The summed E-state index contributed by atoms with van der Waals surface area (Å²) >= 11 is 0. The first-order valence-electron chi connectivity index (χ1n) is 13.8. The smallest absolute Gasteiger partial charge is 0.410 e. The zero-order valence-electron chi connectivity index (χ0n) is 22.9. The first-order chi connectivity index (χ1) is 18.0. The van der Waals surface area contributed by atoms with Crippen molar-refractivity contribution in [1.82, 2.24) is 24.3 Å². The second-order valence-electron chi connectivity index (χ2n) is 12.0. The summed E-state index contributed by atoms with van der Waals surface area (Å²) in [6.45, 7) is 9.08. The van der Waals surface area contributed by atoms with E-state index in [2.05, 4.69) is 22.3 Å². The number of aryl methyl sites for hydroxylation is 1. The van der Waals surface area contributed by atoms with Crippen molar-refractivity contribution in [3.8, 4) is 0 Å². The zero-order chi connectivity index (χ0) is 27.2. The van der Waals surface area contributed by atoms with Gasteiger partial charge in [-0.3, -0.25) is 28.9 Å². The molecule has 0 radical (unpaired) electrons. The largest absolute Gasteiger partial charge is 0.444 e. The lowest BCUT2D eigenvalue weighted by molar-refractivity contribution is -0.135. The number of amides is 3. The Kier molecular flexibility index (Phi) is 7.11. The molecule has 206 valence electrons. The molecule has 1 aromatic carbocycles. The van der Waals surface area contributed by atoms with Gasteiger partial charge in [0.1, 0.15) is 11.6 Å². The lowest BCUT2D eigenvalue weighted by Gasteiger charge is -2.42. The van der Waals surface area contributed by atoms with E-state index in [-0.39, 0.29) is 24.1 Å². The van der Waals surface area contributed by atoms with Gasteiger partial charge in [-0.15, -0.1) is 0 Å². The maximum atomic E-state index is 13.1. The zero-order valence-corrected chi connectivity index (χ0v) is 22.9. The molecular formula is C28H39N5O5. The maximum absolute atomic E-state index is 13.1. The average molecular weight is 526 g/mol. The van der Waals surface area contributed by atoms with Gasteiger partial charge >= 0.3 is 11.8 Å². The molecule has 2 atom stereocenters. The number of ether oxygens (including phenoxy) is 1. The van der Waals surface area contributed by atoms with Gasteiger partial charge < -0.3 is 9.64 Å². The van der Waals surface area contributed by atoms with Crippen LogP contribution in [0.2, 0.25) is 0 Å². The molecule has 3 saturated heterocycles. The number of benzene rings is 1. The lowest BCUT2D eigenvalue weighted by atomic mass is 9.88. The van der Waals surface area contributed by atoms with Gasteiger partial charge in [0, 0.05) is 32.6 Å². The van der Waals surface area contributed by atoms with Crippen LogP contribution in [0.5, 0.6) is 0 Å². The topological polar surface area (TPSA) is 106 Å². The molecule has 5 rings (SSSR count). The molecule has 3 aliphatic rings. The Morgan fingerprint density at radius 1 is 1.00 bits per heavy atom. The van der Waals surface area contributed by atoms with Crippen LogP contribution in [0.1, 0.15) is 76.8 Å². The van der Waals surface area contributed by atoms with Crippen LogP contribution in [0.3, 0.4) is 0 Å². The minimum atomic E-state index is -0.672. The number of hydrogen-bond donors (Lipinski definition) is 1. The number of imidazole rings is 1. The summed E-state index contributed by atoms with van der Waals surface area (Å²) in [5.74, 6) is -0.325. The molecule has 0 aliphatic carbocycles. The van der Waals surface area contributed by atoms with Crippen LogP contribution in [-0.2, 0) is 21.4 Å². The van der Waals surface area contributed by atoms with Crippen molar-refractivity contribution in [3.05, 3.63) is 34.2 Å². The lowest BCUT2D eigenvalue weighted by Crippen LogP contribution is -2.52. The number of nitrogens with one attached hydrogen (secondary N) is 1. The third-order valence-corrected chi connectivity index (χ3v) is 8.20. The summed E-state index contributed by atoms with van der Waals surface area (Å²) in [4.78, 5) is 54.1. The summed E-state index contributed by atoms with van der Waals surface area (Å²) in [5, 5.41) is 2.36. The number of fused-ring (bicyclic) bond motifs is 1. The van der Waals surface area contributed by atoms with Gasteiger partial charge in [0.25, 0.3) is 0 Å². The highest BCUT2D eigenvalue weighted by molar-refractivity contribution is 6.00. The third-order valence-electron chi connectivity index (χ3n) is 8.20. The predicted octanol–water partition coefficient (Wildman–Crippen LogP) is 2.90. The Bertz CT molecular complexity index is 1300. The second kappa shape index (κ2) is 10.2. The number of nitrogens with zero attached hydrogens (tertiary/aromatic N) is 4. The van der Waals surface area contributed by atoms with Gasteiger partial charge in [0.15, 0.2) is 0 Å². The summed E-state index contributed by atoms with van der Waals surface area (Å²) in [6.07, 6.45) is 4.43. The summed E-state index contributed by atoms with van der Waals surface area (Å²) in [7, 11) is 1.74. The highest BCUT2D eigenvalue weighted by Gasteiger charge is 2.34. The molecule has 0 bridgehead atoms. The quantitative estimate of drug-likeness (QED) is 0.618. The van der Waals surface area contributed by atoms with Crippen LogP contribution in [0.15, 0.2) is 23.0 Å². The van der Waals surface area contributed by atoms with Gasteiger partial charge in [0.05, 0.1) is 11.0 Å². The molecule has 10 heteroatoms. The van der Waals surface area contributed by atoms with Gasteiger partial charge in [-0.05, 0) is 89.6 Å². The maximum Gasteiger partial charge on any atom is 0.410 e. The fraction of sp³-hybridized carbons (Fsp3) is 0.643. The Morgan fingerprint density at radius 2 is 1.74 bits per heavy atom. The predicted molar refractivity (Wildman–Crippen MR) is 143 cm³/mol. The van der Waals surface area contributed by atoms with E-state index in [1.54, 1.807) is 11.6 Å².